The molecule has 0 aliphatic rings. The highest BCUT2D eigenvalue weighted by Gasteiger charge is 2.19. The summed E-state index contributed by atoms with van der Waals surface area (Å²) in [6.45, 7) is 9.70. The second kappa shape index (κ2) is 9.34. The Morgan fingerprint density at radius 3 is 2.79 bits per heavy atom. The molecule has 1 atom stereocenters. The molecule has 1 heterocycles. The molecular formula is C14H26ClN3O. The van der Waals surface area contributed by atoms with Crippen molar-refractivity contribution in [1.29, 1.82) is 0 Å². The molecule has 0 aliphatic heterocycles. The zero-order valence-electron chi connectivity index (χ0n) is 12.3. The van der Waals surface area contributed by atoms with Crippen molar-refractivity contribution in [3.63, 3.8) is 0 Å². The molecule has 110 valence electrons. The predicted octanol–water partition coefficient (Wildman–Crippen LogP) is 3.41. The van der Waals surface area contributed by atoms with Crippen LogP contribution in [0.5, 0.6) is 0 Å². The van der Waals surface area contributed by atoms with Gasteiger partial charge in [-0.05, 0) is 32.7 Å². The maximum atomic E-state index is 6.30. The summed E-state index contributed by atoms with van der Waals surface area (Å²) in [5.41, 5.74) is 1.09. The quantitative estimate of drug-likeness (QED) is 0.670. The number of ether oxygens (including phenoxy) is 1. The van der Waals surface area contributed by atoms with E-state index in [2.05, 4.69) is 24.3 Å². The van der Waals surface area contributed by atoms with E-state index in [1.165, 1.54) is 0 Å². The van der Waals surface area contributed by atoms with Crippen molar-refractivity contribution < 1.29 is 4.74 Å². The molecule has 1 rings (SSSR count). The molecule has 0 aromatic carbocycles. The average molecular weight is 288 g/mol. The van der Waals surface area contributed by atoms with Crippen molar-refractivity contribution in [3.05, 3.63) is 16.9 Å². The van der Waals surface area contributed by atoms with Crippen LogP contribution < -0.4 is 5.32 Å². The van der Waals surface area contributed by atoms with Crippen LogP contribution in [-0.4, -0.2) is 29.5 Å². The lowest BCUT2D eigenvalue weighted by atomic mass is 10.1. The summed E-state index contributed by atoms with van der Waals surface area (Å²) in [7, 11) is 0. The lowest BCUT2D eigenvalue weighted by Gasteiger charge is -2.20. The Hall–Kier alpha value is -0.580. The molecule has 0 saturated heterocycles. The van der Waals surface area contributed by atoms with Crippen LogP contribution in [0.2, 0.25) is 5.02 Å². The van der Waals surface area contributed by atoms with Gasteiger partial charge in [0, 0.05) is 19.8 Å². The number of aromatic nitrogens is 2. The SMILES string of the molecule is CCCNC(CCOCC)c1c(Cl)cnn1CCC. The van der Waals surface area contributed by atoms with Crippen LogP contribution in [0, 0.1) is 0 Å². The fourth-order valence-electron chi connectivity index (χ4n) is 2.11. The molecule has 0 amide bonds. The highest BCUT2D eigenvalue weighted by atomic mass is 35.5. The van der Waals surface area contributed by atoms with E-state index in [9.17, 15) is 0 Å². The van der Waals surface area contributed by atoms with Gasteiger partial charge in [-0.15, -0.1) is 0 Å². The summed E-state index contributed by atoms with van der Waals surface area (Å²) in [6, 6.07) is 0.216. The number of rotatable bonds is 10. The molecule has 19 heavy (non-hydrogen) atoms. The monoisotopic (exact) mass is 287 g/mol. The smallest absolute Gasteiger partial charge is 0.0834 e. The van der Waals surface area contributed by atoms with Crippen molar-refractivity contribution in [2.75, 3.05) is 19.8 Å². The van der Waals surface area contributed by atoms with Crippen LogP contribution in [0.15, 0.2) is 6.20 Å². The Morgan fingerprint density at radius 2 is 2.16 bits per heavy atom. The van der Waals surface area contributed by atoms with Gasteiger partial charge < -0.3 is 10.1 Å². The maximum absolute atomic E-state index is 6.30. The van der Waals surface area contributed by atoms with Crippen LogP contribution in [0.25, 0.3) is 0 Å². The van der Waals surface area contributed by atoms with E-state index in [0.717, 1.165) is 56.3 Å². The first-order valence-corrected chi connectivity index (χ1v) is 7.64. The fraction of sp³-hybridized carbons (Fsp3) is 0.786. The third-order valence-corrected chi connectivity index (χ3v) is 3.29. The van der Waals surface area contributed by atoms with Gasteiger partial charge in [-0.3, -0.25) is 4.68 Å². The molecule has 0 aliphatic carbocycles. The minimum Gasteiger partial charge on any atom is -0.382 e. The van der Waals surface area contributed by atoms with Gasteiger partial charge in [-0.2, -0.15) is 5.10 Å². The van der Waals surface area contributed by atoms with Crippen LogP contribution >= 0.6 is 11.6 Å². The lowest BCUT2D eigenvalue weighted by Crippen LogP contribution is -2.26. The standard InChI is InChI=1S/C14H26ClN3O/c1-4-8-16-13(7-10-19-6-3)14-12(15)11-17-18(14)9-5-2/h11,13,16H,4-10H2,1-3H3. The molecule has 0 radical (unpaired) electrons. The first-order valence-electron chi connectivity index (χ1n) is 7.26. The summed E-state index contributed by atoms with van der Waals surface area (Å²) in [5, 5.41) is 8.66. The van der Waals surface area contributed by atoms with E-state index in [1.54, 1.807) is 6.20 Å². The summed E-state index contributed by atoms with van der Waals surface area (Å²) in [5.74, 6) is 0. The number of hydrogen-bond acceptors (Lipinski definition) is 3. The van der Waals surface area contributed by atoms with Crippen molar-refractivity contribution in [1.82, 2.24) is 15.1 Å². The summed E-state index contributed by atoms with van der Waals surface area (Å²) >= 11 is 6.30. The van der Waals surface area contributed by atoms with Crippen LogP contribution in [0.3, 0.4) is 0 Å². The van der Waals surface area contributed by atoms with E-state index in [-0.39, 0.29) is 6.04 Å². The molecule has 0 saturated carbocycles. The van der Waals surface area contributed by atoms with Gasteiger partial charge in [-0.25, -0.2) is 0 Å². The van der Waals surface area contributed by atoms with Crippen molar-refractivity contribution in [2.24, 2.45) is 0 Å². The summed E-state index contributed by atoms with van der Waals surface area (Å²) in [6.07, 6.45) is 4.82. The normalized spacial score (nSPS) is 12.8. The molecule has 4 nitrogen and oxygen atoms in total. The number of nitrogens with zero attached hydrogens (tertiary/aromatic N) is 2. The number of halogens is 1. The summed E-state index contributed by atoms with van der Waals surface area (Å²) in [4.78, 5) is 0. The van der Waals surface area contributed by atoms with E-state index >= 15 is 0 Å². The minimum absolute atomic E-state index is 0.216. The zero-order chi connectivity index (χ0) is 14.1. The Labute approximate surface area is 121 Å². The average Bonchev–Trinajstić information content (AvgIpc) is 2.76. The zero-order valence-corrected chi connectivity index (χ0v) is 13.0. The van der Waals surface area contributed by atoms with Gasteiger partial charge in [0.15, 0.2) is 0 Å². The van der Waals surface area contributed by atoms with Crippen molar-refractivity contribution >= 4 is 11.6 Å². The molecule has 5 heteroatoms. The molecule has 1 unspecified atom stereocenters. The van der Waals surface area contributed by atoms with Crippen LogP contribution in [-0.2, 0) is 11.3 Å². The Morgan fingerprint density at radius 1 is 1.37 bits per heavy atom. The predicted molar refractivity (Wildman–Crippen MR) is 79.7 cm³/mol. The summed E-state index contributed by atoms with van der Waals surface area (Å²) < 4.78 is 7.48. The van der Waals surface area contributed by atoms with Crippen LogP contribution in [0.4, 0.5) is 0 Å². The first kappa shape index (κ1) is 16.5. The molecule has 1 aromatic rings. The maximum Gasteiger partial charge on any atom is 0.0834 e. The van der Waals surface area contributed by atoms with E-state index < -0.39 is 0 Å². The molecule has 1 N–H and O–H groups in total. The molecule has 0 fully saturated rings. The van der Waals surface area contributed by atoms with Crippen molar-refractivity contribution in [2.45, 2.75) is 52.6 Å². The Balaban J connectivity index is 2.78. The molecule has 1 aromatic heterocycles. The highest BCUT2D eigenvalue weighted by Crippen LogP contribution is 2.25. The van der Waals surface area contributed by atoms with Crippen molar-refractivity contribution in [3.8, 4) is 0 Å². The molecule has 0 bridgehead atoms. The van der Waals surface area contributed by atoms with Gasteiger partial charge in [0.2, 0.25) is 0 Å². The lowest BCUT2D eigenvalue weighted by molar-refractivity contribution is 0.135. The van der Waals surface area contributed by atoms with Crippen LogP contribution in [0.1, 0.15) is 51.8 Å². The first-order chi connectivity index (χ1) is 9.24. The van der Waals surface area contributed by atoms with Gasteiger partial charge in [0.05, 0.1) is 23.0 Å². The minimum atomic E-state index is 0.216. The van der Waals surface area contributed by atoms with E-state index in [1.807, 2.05) is 11.6 Å². The third kappa shape index (κ3) is 5.13. The third-order valence-electron chi connectivity index (χ3n) is 2.99. The molecular weight excluding hydrogens is 262 g/mol. The number of aryl methyl sites for hydroxylation is 1. The highest BCUT2D eigenvalue weighted by molar-refractivity contribution is 6.31. The van der Waals surface area contributed by atoms with E-state index in [0.29, 0.717) is 0 Å². The fourth-order valence-corrected chi connectivity index (χ4v) is 2.38. The van der Waals surface area contributed by atoms with E-state index in [4.69, 9.17) is 16.3 Å². The second-order valence-electron chi connectivity index (χ2n) is 4.59. The van der Waals surface area contributed by atoms with Gasteiger partial charge in [-0.1, -0.05) is 25.4 Å². The topological polar surface area (TPSA) is 39.1 Å². The Bertz CT molecular complexity index is 354. The second-order valence-corrected chi connectivity index (χ2v) is 5.00. The van der Waals surface area contributed by atoms with Gasteiger partial charge >= 0.3 is 0 Å². The number of nitrogens with one attached hydrogen (secondary N) is 1. The van der Waals surface area contributed by atoms with Gasteiger partial charge in [0.1, 0.15) is 0 Å². The molecule has 0 spiro atoms. The Kier molecular flexibility index (Phi) is 8.10. The van der Waals surface area contributed by atoms with Gasteiger partial charge in [0.25, 0.3) is 0 Å². The largest absolute Gasteiger partial charge is 0.382 e. The number of hydrogen-bond donors (Lipinski definition) is 1.